The summed E-state index contributed by atoms with van der Waals surface area (Å²) in [6.45, 7) is -1.12. The van der Waals surface area contributed by atoms with E-state index < -0.39 is 73.6 Å². The Hall–Kier alpha value is -4.11. The normalized spacial score (nSPS) is 21.9. The maximum Gasteiger partial charge on any atom is 0.364 e. The van der Waals surface area contributed by atoms with Crippen LogP contribution in [-0.2, 0) is 39.8 Å². The summed E-state index contributed by atoms with van der Waals surface area (Å²) >= 11 is 0. The molecule has 2 aromatic carbocycles. The molecule has 2 amide bonds. The maximum atomic E-state index is 12.6. The lowest BCUT2D eigenvalue weighted by Gasteiger charge is -2.46. The number of aliphatic carboxylic acids is 1. The Labute approximate surface area is 277 Å². The second kappa shape index (κ2) is 19.0. The topological polar surface area (TPSA) is 234 Å². The molecule has 6 atom stereocenters. The fourth-order valence-electron chi connectivity index (χ4n) is 4.94. The average Bonchev–Trinajstić information content (AvgIpc) is 3.07. The average molecular weight is 675 g/mol. The summed E-state index contributed by atoms with van der Waals surface area (Å²) in [6, 6.07) is 12.3. The van der Waals surface area contributed by atoms with Crippen LogP contribution in [0.1, 0.15) is 18.4 Å². The summed E-state index contributed by atoms with van der Waals surface area (Å²) in [5.41, 5.74) is 2.39. The Morgan fingerprint density at radius 3 is 2.17 bits per heavy atom. The number of amides is 2. The molecular formula is C33H42N2O13. The Balaban J connectivity index is 1.60. The first kappa shape index (κ1) is 38.3. The number of aliphatic hydroxyl groups is 4. The molecule has 0 radical (unpaired) electrons. The number of hydrogen-bond donors (Lipinski definition) is 8. The third kappa shape index (κ3) is 11.3. The van der Waals surface area contributed by atoms with E-state index in [4.69, 9.17) is 25.4 Å². The van der Waals surface area contributed by atoms with Crippen LogP contribution in [0.4, 0.5) is 0 Å². The number of terminal acetylenes is 1. The Morgan fingerprint density at radius 2 is 1.56 bits per heavy atom. The van der Waals surface area contributed by atoms with Crippen molar-refractivity contribution in [2.24, 2.45) is 0 Å². The molecule has 0 unspecified atom stereocenters. The second-order valence-corrected chi connectivity index (χ2v) is 11.0. The van der Waals surface area contributed by atoms with E-state index in [-0.39, 0.29) is 38.6 Å². The minimum absolute atomic E-state index is 0.0679. The van der Waals surface area contributed by atoms with Crippen LogP contribution in [-0.4, -0.2) is 131 Å². The zero-order chi connectivity index (χ0) is 35.1. The third-order valence-corrected chi connectivity index (χ3v) is 7.45. The number of carboxylic acid groups (broad SMARTS) is 1. The molecular weight excluding hydrogens is 632 g/mol. The molecule has 262 valence electrons. The number of hydrogen-bond acceptors (Lipinski definition) is 12. The van der Waals surface area contributed by atoms with Crippen molar-refractivity contribution in [2.75, 3.05) is 46.2 Å². The number of carboxylic acids is 1. The van der Waals surface area contributed by atoms with Gasteiger partial charge in [0.25, 0.3) is 5.79 Å². The molecule has 1 aliphatic heterocycles. The molecule has 0 aliphatic carbocycles. The number of phenols is 1. The standard InChI is InChI=1S/C33H42N2O13/c1-2-3-12-45-13-14-46-15-16-47-33(32(43)44)18-25(38)29(35-28(41)20-36)31(48-33)30(42)26(39)19-34-27(40)17-21-4-6-22(7-5-21)23-8-10-24(37)11-9-23/h1,4-11,25-26,29-31,36-39,42H,3,12-20H2,(H,34,40)(H,35,41)(H,43,44)/t25-,26+,29+,30+,31+,33+/m0/s1. The molecule has 1 aliphatic rings. The monoisotopic (exact) mass is 674 g/mol. The van der Waals surface area contributed by atoms with Crippen LogP contribution in [0.5, 0.6) is 5.75 Å². The van der Waals surface area contributed by atoms with Gasteiger partial charge in [0, 0.05) is 19.4 Å². The number of rotatable bonds is 19. The van der Waals surface area contributed by atoms with E-state index >= 15 is 0 Å². The summed E-state index contributed by atoms with van der Waals surface area (Å²) in [4.78, 5) is 37.0. The number of aromatic hydroxyl groups is 1. The molecule has 1 heterocycles. The van der Waals surface area contributed by atoms with Gasteiger partial charge in [-0.2, -0.15) is 0 Å². The first-order valence-electron chi connectivity index (χ1n) is 15.2. The van der Waals surface area contributed by atoms with E-state index in [1.165, 1.54) is 0 Å². The van der Waals surface area contributed by atoms with Crippen LogP contribution >= 0.6 is 0 Å². The number of nitrogens with one attached hydrogen (secondary N) is 2. The summed E-state index contributed by atoms with van der Waals surface area (Å²) in [7, 11) is 0. The number of carbonyl (C=O) groups excluding carboxylic acids is 2. The maximum absolute atomic E-state index is 12.6. The van der Waals surface area contributed by atoms with Crippen molar-refractivity contribution in [1.82, 2.24) is 10.6 Å². The molecule has 0 spiro atoms. The zero-order valence-electron chi connectivity index (χ0n) is 26.2. The highest BCUT2D eigenvalue weighted by atomic mass is 16.7. The second-order valence-electron chi connectivity index (χ2n) is 11.0. The highest BCUT2D eigenvalue weighted by molar-refractivity contribution is 5.79. The lowest BCUT2D eigenvalue weighted by atomic mass is 9.88. The van der Waals surface area contributed by atoms with Crippen LogP contribution < -0.4 is 10.6 Å². The van der Waals surface area contributed by atoms with Crippen molar-refractivity contribution in [3.63, 3.8) is 0 Å². The van der Waals surface area contributed by atoms with Crippen molar-refractivity contribution in [3.8, 4) is 29.2 Å². The largest absolute Gasteiger partial charge is 0.508 e. The van der Waals surface area contributed by atoms with Gasteiger partial charge in [-0.25, -0.2) is 4.79 Å². The minimum atomic E-state index is -2.51. The smallest absolute Gasteiger partial charge is 0.364 e. The van der Waals surface area contributed by atoms with Crippen LogP contribution in [0, 0.1) is 12.3 Å². The summed E-state index contributed by atoms with van der Waals surface area (Å²) in [6.07, 6.45) is -2.29. The van der Waals surface area contributed by atoms with Crippen LogP contribution in [0.25, 0.3) is 11.1 Å². The van der Waals surface area contributed by atoms with E-state index in [2.05, 4.69) is 16.6 Å². The van der Waals surface area contributed by atoms with Gasteiger partial charge in [-0.1, -0.05) is 36.4 Å². The van der Waals surface area contributed by atoms with Gasteiger partial charge in [0.2, 0.25) is 11.8 Å². The van der Waals surface area contributed by atoms with E-state index in [0.717, 1.165) is 11.1 Å². The van der Waals surface area contributed by atoms with Crippen LogP contribution in [0.15, 0.2) is 48.5 Å². The SMILES string of the molecule is C#CCCOCCOCCO[C@]1(C(=O)O)C[C@H](O)[C@@H](NC(=O)CO)[C@H]([C@H](O)[C@H](O)CNC(=O)Cc2ccc(-c3ccc(O)cc3)cc2)O1. The van der Waals surface area contributed by atoms with Crippen molar-refractivity contribution in [1.29, 1.82) is 0 Å². The molecule has 1 fully saturated rings. The molecule has 0 bridgehead atoms. The highest BCUT2D eigenvalue weighted by Crippen LogP contribution is 2.33. The Bertz CT molecular complexity index is 1370. The van der Waals surface area contributed by atoms with Crippen molar-refractivity contribution in [2.45, 2.75) is 55.5 Å². The number of aliphatic hydroxyl groups excluding tert-OH is 4. The van der Waals surface area contributed by atoms with Gasteiger partial charge in [0.15, 0.2) is 0 Å². The number of benzene rings is 2. The van der Waals surface area contributed by atoms with Gasteiger partial charge in [-0.15, -0.1) is 12.3 Å². The van der Waals surface area contributed by atoms with Crippen LogP contribution in [0.2, 0.25) is 0 Å². The molecule has 3 rings (SSSR count). The van der Waals surface area contributed by atoms with Crippen molar-refractivity contribution in [3.05, 3.63) is 54.1 Å². The fourth-order valence-corrected chi connectivity index (χ4v) is 4.94. The van der Waals surface area contributed by atoms with Gasteiger partial charge < -0.3 is 60.2 Å². The van der Waals surface area contributed by atoms with Gasteiger partial charge in [0.05, 0.1) is 57.7 Å². The summed E-state index contributed by atoms with van der Waals surface area (Å²) in [5.74, 6) is -3.05. The molecule has 15 nitrogen and oxygen atoms in total. The first-order chi connectivity index (χ1) is 23.0. The van der Waals surface area contributed by atoms with Gasteiger partial charge in [-0.3, -0.25) is 9.59 Å². The molecule has 48 heavy (non-hydrogen) atoms. The van der Waals surface area contributed by atoms with E-state index in [1.807, 2.05) is 0 Å². The third-order valence-electron chi connectivity index (χ3n) is 7.45. The van der Waals surface area contributed by atoms with Crippen molar-refractivity contribution < 1.29 is 64.0 Å². The predicted octanol–water partition coefficient (Wildman–Crippen LogP) is -1.08. The molecule has 0 aromatic heterocycles. The zero-order valence-corrected chi connectivity index (χ0v) is 26.2. The minimum Gasteiger partial charge on any atom is -0.508 e. The predicted molar refractivity (Wildman–Crippen MR) is 168 cm³/mol. The molecule has 2 aromatic rings. The first-order valence-corrected chi connectivity index (χ1v) is 15.2. The molecule has 15 heteroatoms. The quantitative estimate of drug-likeness (QED) is 0.0655. The number of ether oxygens (including phenoxy) is 4. The van der Waals surface area contributed by atoms with Gasteiger partial charge in [0.1, 0.15) is 24.6 Å². The highest BCUT2D eigenvalue weighted by Gasteiger charge is 2.55. The van der Waals surface area contributed by atoms with E-state index in [9.17, 15) is 45.0 Å². The van der Waals surface area contributed by atoms with Crippen molar-refractivity contribution >= 4 is 17.8 Å². The number of carbonyl (C=O) groups is 3. The summed E-state index contributed by atoms with van der Waals surface area (Å²) in [5, 5.41) is 66.2. The number of phenolic OH excluding ortho intramolecular Hbond substituents is 1. The van der Waals surface area contributed by atoms with E-state index in [1.54, 1.807) is 48.5 Å². The molecule has 0 saturated carbocycles. The van der Waals surface area contributed by atoms with Crippen LogP contribution in [0.3, 0.4) is 0 Å². The lowest BCUT2D eigenvalue weighted by molar-refractivity contribution is -0.312. The Kier molecular flexibility index (Phi) is 15.2. The Morgan fingerprint density at radius 1 is 0.958 bits per heavy atom. The van der Waals surface area contributed by atoms with E-state index in [0.29, 0.717) is 18.6 Å². The van der Waals surface area contributed by atoms with Gasteiger partial charge in [-0.05, 0) is 28.8 Å². The summed E-state index contributed by atoms with van der Waals surface area (Å²) < 4.78 is 21.7. The lowest BCUT2D eigenvalue weighted by Crippen LogP contribution is -2.68. The van der Waals surface area contributed by atoms with Gasteiger partial charge >= 0.3 is 5.97 Å². The molecule has 8 N–H and O–H groups in total. The fraction of sp³-hybridized carbons (Fsp3) is 0.485. The molecule has 1 saturated heterocycles.